The molecule has 1 saturated heterocycles. The minimum absolute atomic E-state index is 0.0519. The fourth-order valence-electron chi connectivity index (χ4n) is 2.33. The molecular weight excluding hydrogens is 302 g/mol. The normalized spacial score (nSPS) is 21.7. The van der Waals surface area contributed by atoms with Gasteiger partial charge in [0.25, 0.3) is 0 Å². The standard InChI is InChI=1S/C16H21NO4S/c1-16(2,3)21-15(20)17-10-12(9-13(17)14(18)19)22-11-7-5-4-6-8-11/h4-8,12-13H,9-10H2,1-3H3,(H,18,19). The first-order valence-corrected chi connectivity index (χ1v) is 8.08. The van der Waals surface area contributed by atoms with Crippen LogP contribution in [0.4, 0.5) is 4.79 Å². The van der Waals surface area contributed by atoms with E-state index in [9.17, 15) is 14.7 Å². The predicted molar refractivity (Wildman–Crippen MR) is 85.1 cm³/mol. The Kier molecular flexibility index (Phi) is 5.01. The Bertz CT molecular complexity index is 541. The summed E-state index contributed by atoms with van der Waals surface area (Å²) in [5.41, 5.74) is -0.634. The third kappa shape index (κ3) is 4.40. The number of carbonyl (C=O) groups is 2. The number of carboxylic acid groups (broad SMARTS) is 1. The lowest BCUT2D eigenvalue weighted by Gasteiger charge is -2.26. The summed E-state index contributed by atoms with van der Waals surface area (Å²) in [6.07, 6.45) is -0.134. The van der Waals surface area contributed by atoms with Crippen LogP contribution in [-0.4, -0.2) is 45.5 Å². The maximum absolute atomic E-state index is 12.2. The van der Waals surface area contributed by atoms with Gasteiger partial charge in [0.2, 0.25) is 0 Å². The Morgan fingerprint density at radius 3 is 2.45 bits per heavy atom. The number of hydrogen-bond donors (Lipinski definition) is 1. The van der Waals surface area contributed by atoms with Gasteiger partial charge in [0.15, 0.2) is 0 Å². The van der Waals surface area contributed by atoms with Gasteiger partial charge >= 0.3 is 12.1 Å². The van der Waals surface area contributed by atoms with Crippen LogP contribution in [0.5, 0.6) is 0 Å². The van der Waals surface area contributed by atoms with Crippen molar-refractivity contribution in [2.45, 2.75) is 49.0 Å². The summed E-state index contributed by atoms with van der Waals surface area (Å²) in [4.78, 5) is 26.0. The molecule has 1 heterocycles. The summed E-state index contributed by atoms with van der Waals surface area (Å²) in [6.45, 7) is 5.69. The lowest BCUT2D eigenvalue weighted by Crippen LogP contribution is -2.43. The number of likely N-dealkylation sites (tertiary alicyclic amines) is 1. The maximum atomic E-state index is 12.2. The first-order chi connectivity index (χ1) is 10.3. The lowest BCUT2D eigenvalue weighted by atomic mass is 10.2. The monoisotopic (exact) mass is 323 g/mol. The number of nitrogens with zero attached hydrogens (tertiary/aromatic N) is 1. The first kappa shape index (κ1) is 16.7. The number of aliphatic carboxylic acids is 1. The molecule has 0 aromatic heterocycles. The molecule has 1 aliphatic heterocycles. The van der Waals surface area contributed by atoms with Crippen molar-refractivity contribution in [1.29, 1.82) is 0 Å². The van der Waals surface area contributed by atoms with Gasteiger partial charge in [0, 0.05) is 16.7 Å². The largest absolute Gasteiger partial charge is 0.480 e. The number of hydrogen-bond acceptors (Lipinski definition) is 4. The Hall–Kier alpha value is -1.69. The van der Waals surface area contributed by atoms with Crippen LogP contribution in [0.15, 0.2) is 35.2 Å². The molecule has 1 amide bonds. The number of amides is 1. The molecule has 0 radical (unpaired) electrons. The van der Waals surface area contributed by atoms with Gasteiger partial charge in [-0.05, 0) is 39.3 Å². The molecule has 0 bridgehead atoms. The number of ether oxygens (including phenoxy) is 1. The van der Waals surface area contributed by atoms with Crippen LogP contribution in [0.25, 0.3) is 0 Å². The van der Waals surface area contributed by atoms with Crippen LogP contribution in [0.3, 0.4) is 0 Å². The zero-order valence-electron chi connectivity index (χ0n) is 13.0. The maximum Gasteiger partial charge on any atom is 0.411 e. The van der Waals surface area contributed by atoms with Crippen molar-refractivity contribution in [3.63, 3.8) is 0 Å². The van der Waals surface area contributed by atoms with Crippen LogP contribution in [0.2, 0.25) is 0 Å². The Balaban J connectivity index is 2.06. The van der Waals surface area contributed by atoms with E-state index < -0.39 is 23.7 Å². The lowest BCUT2D eigenvalue weighted by molar-refractivity contribution is -0.142. The van der Waals surface area contributed by atoms with Gasteiger partial charge in [0.05, 0.1) is 0 Å². The number of rotatable bonds is 3. The van der Waals surface area contributed by atoms with Crippen molar-refractivity contribution >= 4 is 23.8 Å². The van der Waals surface area contributed by atoms with Gasteiger partial charge in [-0.1, -0.05) is 18.2 Å². The van der Waals surface area contributed by atoms with Crippen molar-refractivity contribution in [3.05, 3.63) is 30.3 Å². The van der Waals surface area contributed by atoms with Crippen molar-refractivity contribution in [1.82, 2.24) is 4.90 Å². The fraction of sp³-hybridized carbons (Fsp3) is 0.500. The van der Waals surface area contributed by atoms with Crippen LogP contribution in [0.1, 0.15) is 27.2 Å². The molecule has 22 heavy (non-hydrogen) atoms. The van der Waals surface area contributed by atoms with E-state index in [0.717, 1.165) is 4.90 Å². The van der Waals surface area contributed by atoms with E-state index in [2.05, 4.69) is 0 Å². The van der Waals surface area contributed by atoms with Crippen molar-refractivity contribution < 1.29 is 19.4 Å². The molecule has 1 N–H and O–H groups in total. The van der Waals surface area contributed by atoms with Crippen molar-refractivity contribution in [3.8, 4) is 0 Å². The van der Waals surface area contributed by atoms with Gasteiger partial charge < -0.3 is 9.84 Å². The highest BCUT2D eigenvalue weighted by molar-refractivity contribution is 8.00. The second-order valence-corrected chi connectivity index (χ2v) is 7.65. The summed E-state index contributed by atoms with van der Waals surface area (Å²) in [5, 5.41) is 9.41. The number of carboxylic acids is 1. The van der Waals surface area contributed by atoms with E-state index in [1.54, 1.807) is 32.5 Å². The highest BCUT2D eigenvalue weighted by Crippen LogP contribution is 2.33. The van der Waals surface area contributed by atoms with Gasteiger partial charge in [0.1, 0.15) is 11.6 Å². The fourth-order valence-corrected chi connectivity index (χ4v) is 3.54. The highest BCUT2D eigenvalue weighted by atomic mass is 32.2. The molecule has 120 valence electrons. The zero-order chi connectivity index (χ0) is 16.3. The molecule has 2 atom stereocenters. The summed E-state index contributed by atoms with van der Waals surface area (Å²) in [7, 11) is 0. The second-order valence-electron chi connectivity index (χ2n) is 6.28. The topological polar surface area (TPSA) is 66.8 Å². The molecule has 0 spiro atoms. The third-order valence-corrected chi connectivity index (χ3v) is 4.44. The molecule has 6 heteroatoms. The van der Waals surface area contributed by atoms with Gasteiger partial charge in [-0.15, -0.1) is 11.8 Å². The molecule has 1 aliphatic rings. The number of carbonyl (C=O) groups excluding carboxylic acids is 1. The van der Waals surface area contributed by atoms with Crippen molar-refractivity contribution in [2.24, 2.45) is 0 Å². The first-order valence-electron chi connectivity index (χ1n) is 7.20. The molecule has 2 unspecified atom stereocenters. The Morgan fingerprint density at radius 1 is 1.27 bits per heavy atom. The minimum Gasteiger partial charge on any atom is -0.480 e. The van der Waals surface area contributed by atoms with Crippen LogP contribution in [0, 0.1) is 0 Å². The van der Waals surface area contributed by atoms with Crippen LogP contribution < -0.4 is 0 Å². The van der Waals surface area contributed by atoms with Gasteiger partial charge in [-0.3, -0.25) is 4.90 Å². The number of thioether (sulfide) groups is 1. The Labute approximate surface area is 134 Å². The molecule has 1 aromatic rings. The quantitative estimate of drug-likeness (QED) is 0.925. The van der Waals surface area contributed by atoms with E-state index >= 15 is 0 Å². The molecule has 2 rings (SSSR count). The molecule has 5 nitrogen and oxygen atoms in total. The zero-order valence-corrected chi connectivity index (χ0v) is 13.8. The summed E-state index contributed by atoms with van der Waals surface area (Å²) in [6, 6.07) is 8.96. The summed E-state index contributed by atoms with van der Waals surface area (Å²) in [5.74, 6) is -0.984. The summed E-state index contributed by atoms with van der Waals surface area (Å²) >= 11 is 1.60. The second kappa shape index (κ2) is 6.60. The molecule has 0 saturated carbocycles. The van der Waals surface area contributed by atoms with Gasteiger partial charge in [-0.2, -0.15) is 0 Å². The average molecular weight is 323 g/mol. The molecule has 1 fully saturated rings. The minimum atomic E-state index is -0.984. The van der Waals surface area contributed by atoms with Gasteiger partial charge in [-0.25, -0.2) is 9.59 Å². The van der Waals surface area contributed by atoms with Crippen molar-refractivity contribution in [2.75, 3.05) is 6.54 Å². The summed E-state index contributed by atoms with van der Waals surface area (Å²) < 4.78 is 5.31. The smallest absolute Gasteiger partial charge is 0.411 e. The molecule has 0 aliphatic carbocycles. The van der Waals surface area contributed by atoms with Crippen LogP contribution in [-0.2, 0) is 9.53 Å². The highest BCUT2D eigenvalue weighted by Gasteiger charge is 2.41. The van der Waals surface area contributed by atoms with E-state index in [0.29, 0.717) is 13.0 Å². The SMILES string of the molecule is CC(C)(C)OC(=O)N1CC(Sc2ccccc2)CC1C(=O)O. The van der Waals surface area contributed by atoms with E-state index in [1.807, 2.05) is 30.3 Å². The average Bonchev–Trinajstić information content (AvgIpc) is 2.82. The molecular formula is C16H21NO4S. The molecule has 1 aromatic carbocycles. The van der Waals surface area contributed by atoms with Crippen LogP contribution >= 0.6 is 11.8 Å². The van der Waals surface area contributed by atoms with E-state index in [-0.39, 0.29) is 5.25 Å². The Morgan fingerprint density at radius 2 is 1.91 bits per heavy atom. The predicted octanol–water partition coefficient (Wildman–Crippen LogP) is 3.24. The van der Waals surface area contributed by atoms with E-state index in [1.165, 1.54) is 4.90 Å². The third-order valence-electron chi connectivity index (χ3n) is 3.22. The van der Waals surface area contributed by atoms with E-state index in [4.69, 9.17) is 4.74 Å². The number of benzene rings is 1.